The minimum absolute atomic E-state index is 0.127. The predicted octanol–water partition coefficient (Wildman–Crippen LogP) is 8.06. The van der Waals surface area contributed by atoms with Crippen LogP contribution >= 0.6 is 0 Å². The van der Waals surface area contributed by atoms with Gasteiger partial charge in [0.05, 0.1) is 24.3 Å². The van der Waals surface area contributed by atoms with Crippen LogP contribution in [0.4, 0.5) is 0 Å². The normalized spacial score (nSPS) is 11.5. The Kier molecular flexibility index (Phi) is 7.53. The van der Waals surface area contributed by atoms with Gasteiger partial charge in [-0.25, -0.2) is 9.59 Å². The Morgan fingerprint density at radius 2 is 0.825 bits per heavy atom. The monoisotopic (exact) mass is 536 g/mol. The van der Waals surface area contributed by atoms with E-state index in [1.807, 2.05) is 38.1 Å². The van der Waals surface area contributed by atoms with Crippen molar-refractivity contribution in [2.45, 2.75) is 53.4 Å². The summed E-state index contributed by atoms with van der Waals surface area (Å²) >= 11 is 0. The first-order valence-electron chi connectivity index (χ1n) is 13.9. The minimum Gasteiger partial charge on any atom is -0.462 e. The maximum Gasteiger partial charge on any atom is 0.338 e. The number of fused-ring (bicyclic) bond motifs is 2. The Labute approximate surface area is 232 Å². The van der Waals surface area contributed by atoms with Gasteiger partial charge in [-0.1, -0.05) is 63.1 Å². The third-order valence-electron chi connectivity index (χ3n) is 7.56. The Morgan fingerprint density at radius 1 is 0.500 bits per heavy atom. The Hall–Kier alpha value is -4.32. The zero-order chi connectivity index (χ0) is 28.6. The number of hydrogen-bond donors (Lipinski definition) is 0. The summed E-state index contributed by atoms with van der Waals surface area (Å²) in [4.78, 5) is 51.9. The fourth-order valence-electron chi connectivity index (χ4n) is 5.59. The Balaban J connectivity index is 1.91. The largest absolute Gasteiger partial charge is 0.462 e. The zero-order valence-electron chi connectivity index (χ0n) is 23.3. The SMILES string of the molecule is CCCCOC(=O)c1ccc2c3ccc(C(C)=O)c4c(C(C)=O)ccc(c5ccc(C(=O)OCCCC)c1c25)c43. The van der Waals surface area contributed by atoms with Crippen LogP contribution in [0.25, 0.3) is 43.1 Å². The summed E-state index contributed by atoms with van der Waals surface area (Å²) in [5.41, 5.74) is 1.58. The lowest BCUT2D eigenvalue weighted by Crippen LogP contribution is -2.12. The molecular weight excluding hydrogens is 504 g/mol. The van der Waals surface area contributed by atoms with Gasteiger partial charge in [-0.05, 0) is 71.1 Å². The minimum atomic E-state index is -0.491. The maximum absolute atomic E-state index is 13.3. The smallest absolute Gasteiger partial charge is 0.338 e. The number of ether oxygens (including phenoxy) is 2. The van der Waals surface area contributed by atoms with Gasteiger partial charge in [0.25, 0.3) is 0 Å². The summed E-state index contributed by atoms with van der Waals surface area (Å²) in [6.07, 6.45) is 3.26. The molecule has 0 atom stereocenters. The number of unbranched alkanes of at least 4 members (excludes halogenated alkanes) is 2. The lowest BCUT2D eigenvalue weighted by atomic mass is 9.83. The van der Waals surface area contributed by atoms with Crippen molar-refractivity contribution in [3.63, 3.8) is 0 Å². The van der Waals surface area contributed by atoms with Crippen molar-refractivity contribution in [3.05, 3.63) is 70.8 Å². The van der Waals surface area contributed by atoms with E-state index in [0.29, 0.717) is 46.2 Å². The molecule has 5 aromatic rings. The maximum atomic E-state index is 13.3. The summed E-state index contributed by atoms with van der Waals surface area (Å²) in [5, 5.41) is 5.96. The van der Waals surface area contributed by atoms with Gasteiger partial charge in [0.1, 0.15) is 0 Å². The van der Waals surface area contributed by atoms with Gasteiger partial charge in [0.15, 0.2) is 11.6 Å². The highest BCUT2D eigenvalue weighted by Gasteiger charge is 2.25. The molecule has 40 heavy (non-hydrogen) atoms. The van der Waals surface area contributed by atoms with Gasteiger partial charge in [-0.15, -0.1) is 0 Å². The highest BCUT2D eigenvalue weighted by atomic mass is 16.5. The zero-order valence-corrected chi connectivity index (χ0v) is 23.3. The summed E-state index contributed by atoms with van der Waals surface area (Å²) in [6.45, 7) is 7.62. The molecule has 5 rings (SSSR count). The van der Waals surface area contributed by atoms with Crippen LogP contribution in [0.1, 0.15) is 94.8 Å². The van der Waals surface area contributed by atoms with Crippen LogP contribution in [-0.4, -0.2) is 36.7 Å². The molecule has 0 aromatic heterocycles. The highest BCUT2D eigenvalue weighted by Crippen LogP contribution is 2.44. The first kappa shape index (κ1) is 27.3. The van der Waals surface area contributed by atoms with E-state index in [9.17, 15) is 19.2 Å². The molecule has 0 bridgehead atoms. The number of ketones is 2. The topological polar surface area (TPSA) is 86.7 Å². The molecule has 0 fully saturated rings. The van der Waals surface area contributed by atoms with Crippen LogP contribution in [0.3, 0.4) is 0 Å². The van der Waals surface area contributed by atoms with Crippen LogP contribution in [-0.2, 0) is 9.47 Å². The molecule has 0 unspecified atom stereocenters. The molecule has 204 valence electrons. The van der Waals surface area contributed by atoms with E-state index in [4.69, 9.17) is 9.47 Å². The predicted molar refractivity (Wildman–Crippen MR) is 158 cm³/mol. The third-order valence-corrected chi connectivity index (χ3v) is 7.56. The van der Waals surface area contributed by atoms with E-state index in [0.717, 1.165) is 58.0 Å². The van der Waals surface area contributed by atoms with Crippen molar-refractivity contribution in [1.29, 1.82) is 0 Å². The van der Waals surface area contributed by atoms with Crippen molar-refractivity contribution in [2.24, 2.45) is 0 Å². The lowest BCUT2D eigenvalue weighted by Gasteiger charge is -2.20. The third kappa shape index (κ3) is 4.47. The van der Waals surface area contributed by atoms with E-state index in [1.54, 1.807) is 24.3 Å². The molecule has 6 nitrogen and oxygen atoms in total. The van der Waals surface area contributed by atoms with Crippen LogP contribution in [0.15, 0.2) is 48.5 Å². The fraction of sp³-hybridized carbons (Fsp3) is 0.294. The molecule has 0 spiro atoms. The van der Waals surface area contributed by atoms with Crippen molar-refractivity contribution < 1.29 is 28.7 Å². The molecule has 6 heteroatoms. The first-order chi connectivity index (χ1) is 19.3. The van der Waals surface area contributed by atoms with E-state index in [2.05, 4.69) is 0 Å². The Morgan fingerprint density at radius 3 is 1.15 bits per heavy atom. The fourth-order valence-corrected chi connectivity index (χ4v) is 5.59. The number of rotatable bonds is 10. The number of carbonyl (C=O) groups is 4. The molecule has 5 aromatic carbocycles. The van der Waals surface area contributed by atoms with Gasteiger partial charge in [-0.2, -0.15) is 0 Å². The average Bonchev–Trinajstić information content (AvgIpc) is 2.94. The second kappa shape index (κ2) is 11.0. The highest BCUT2D eigenvalue weighted by molar-refractivity contribution is 6.38. The molecule has 0 aliphatic carbocycles. The van der Waals surface area contributed by atoms with Crippen molar-refractivity contribution >= 4 is 66.6 Å². The molecule has 0 saturated carbocycles. The molecule has 0 aliphatic heterocycles. The summed E-state index contributed by atoms with van der Waals surface area (Å²) in [5.74, 6) is -1.24. The first-order valence-corrected chi connectivity index (χ1v) is 13.9. The van der Waals surface area contributed by atoms with E-state index in [-0.39, 0.29) is 11.6 Å². The average molecular weight is 537 g/mol. The quantitative estimate of drug-likeness (QED) is 0.0590. The van der Waals surface area contributed by atoms with Crippen LogP contribution in [0.2, 0.25) is 0 Å². The van der Waals surface area contributed by atoms with Gasteiger partial charge in [0, 0.05) is 21.9 Å². The standard InChI is InChI=1S/C34H32O6/c1-5-7-17-39-33(37)27-15-13-25-23-11-9-21(19(3)35)29-22(20(4)36)10-12-24(30(23)29)26-14-16-28(32(27)31(25)26)34(38)40-18-8-6-2/h9-16H,5-8,17-18H2,1-4H3. The van der Waals surface area contributed by atoms with Crippen LogP contribution in [0, 0.1) is 0 Å². The molecule has 0 amide bonds. The number of benzene rings is 5. The van der Waals surface area contributed by atoms with Gasteiger partial charge in [-0.3, -0.25) is 9.59 Å². The second-order valence-corrected chi connectivity index (χ2v) is 10.2. The van der Waals surface area contributed by atoms with E-state index >= 15 is 0 Å². The summed E-state index contributed by atoms with van der Waals surface area (Å²) < 4.78 is 11.2. The molecule has 0 radical (unpaired) electrons. The van der Waals surface area contributed by atoms with Crippen LogP contribution < -0.4 is 0 Å². The number of esters is 2. The van der Waals surface area contributed by atoms with Gasteiger partial charge in [0.2, 0.25) is 0 Å². The van der Waals surface area contributed by atoms with E-state index in [1.165, 1.54) is 13.8 Å². The molecule has 0 N–H and O–H groups in total. The van der Waals surface area contributed by atoms with Crippen molar-refractivity contribution in [1.82, 2.24) is 0 Å². The summed E-state index contributed by atoms with van der Waals surface area (Å²) in [7, 11) is 0. The van der Waals surface area contributed by atoms with Crippen LogP contribution in [0.5, 0.6) is 0 Å². The second-order valence-electron chi connectivity index (χ2n) is 10.2. The Bertz CT molecular complexity index is 1690. The molecule has 0 saturated heterocycles. The lowest BCUT2D eigenvalue weighted by molar-refractivity contribution is 0.0500. The van der Waals surface area contributed by atoms with Gasteiger partial charge >= 0.3 is 11.9 Å². The van der Waals surface area contributed by atoms with Crippen molar-refractivity contribution in [3.8, 4) is 0 Å². The summed E-state index contributed by atoms with van der Waals surface area (Å²) in [6, 6.07) is 14.4. The molecular formula is C34H32O6. The number of Topliss-reactive ketones (excluding diaryl/α,β-unsaturated/α-hetero) is 2. The van der Waals surface area contributed by atoms with Gasteiger partial charge < -0.3 is 9.47 Å². The molecule has 0 aliphatic rings. The number of hydrogen-bond acceptors (Lipinski definition) is 6. The van der Waals surface area contributed by atoms with Crippen molar-refractivity contribution in [2.75, 3.05) is 13.2 Å². The number of carbonyl (C=O) groups excluding carboxylic acids is 4. The molecule has 0 heterocycles. The van der Waals surface area contributed by atoms with E-state index < -0.39 is 11.9 Å².